The van der Waals surface area contributed by atoms with E-state index in [4.69, 9.17) is 9.15 Å². The molecule has 150 valence electrons. The molecule has 8 heteroatoms. The summed E-state index contributed by atoms with van der Waals surface area (Å²) in [5, 5.41) is 2.62. The molecule has 2 rings (SSSR count). The van der Waals surface area contributed by atoms with Crippen molar-refractivity contribution in [1.82, 2.24) is 10.2 Å². The van der Waals surface area contributed by atoms with E-state index >= 15 is 0 Å². The number of esters is 1. The topological polar surface area (TPSA) is 88.9 Å². The van der Waals surface area contributed by atoms with Crippen LogP contribution in [0.3, 0.4) is 0 Å². The lowest BCUT2D eigenvalue weighted by Crippen LogP contribution is -2.34. The summed E-state index contributed by atoms with van der Waals surface area (Å²) in [7, 11) is 0. The lowest BCUT2D eigenvalue weighted by molar-refractivity contribution is -0.152. The first-order valence-electron chi connectivity index (χ1n) is 8.99. The lowest BCUT2D eigenvalue weighted by Gasteiger charge is -2.21. The molecule has 0 aliphatic carbocycles. The second-order valence-corrected chi connectivity index (χ2v) is 6.04. The van der Waals surface area contributed by atoms with Crippen LogP contribution in [0.25, 0.3) is 0 Å². The zero-order chi connectivity index (χ0) is 20.4. The Labute approximate surface area is 162 Å². The summed E-state index contributed by atoms with van der Waals surface area (Å²) < 4.78 is 23.2. The molecule has 7 nitrogen and oxygen atoms in total. The van der Waals surface area contributed by atoms with Crippen LogP contribution in [0.2, 0.25) is 0 Å². The second-order valence-electron chi connectivity index (χ2n) is 6.04. The lowest BCUT2D eigenvalue weighted by atomic mass is 10.2. The second kappa shape index (κ2) is 10.9. The van der Waals surface area contributed by atoms with E-state index in [1.807, 2.05) is 0 Å². The van der Waals surface area contributed by atoms with Crippen molar-refractivity contribution in [3.63, 3.8) is 0 Å². The van der Waals surface area contributed by atoms with Gasteiger partial charge in [-0.2, -0.15) is 0 Å². The maximum Gasteiger partial charge on any atom is 0.306 e. The Morgan fingerprint density at radius 2 is 2.04 bits per heavy atom. The van der Waals surface area contributed by atoms with Crippen LogP contribution in [0.1, 0.15) is 35.9 Å². The molecular weight excluding hydrogens is 367 g/mol. The molecule has 28 heavy (non-hydrogen) atoms. The predicted octanol–water partition coefficient (Wildman–Crippen LogP) is 2.52. The number of nitrogens with one attached hydrogen (secondary N) is 1. The Kier molecular flexibility index (Phi) is 8.20. The van der Waals surface area contributed by atoms with Gasteiger partial charge in [-0.15, -0.1) is 0 Å². The fourth-order valence-corrected chi connectivity index (χ4v) is 2.47. The highest BCUT2D eigenvalue weighted by Crippen LogP contribution is 2.08. The van der Waals surface area contributed by atoms with Crippen molar-refractivity contribution in [3.05, 3.63) is 59.8 Å². The van der Waals surface area contributed by atoms with Gasteiger partial charge in [-0.25, -0.2) is 4.39 Å². The van der Waals surface area contributed by atoms with Crippen LogP contribution in [0.15, 0.2) is 47.1 Å². The van der Waals surface area contributed by atoms with Crippen molar-refractivity contribution in [2.75, 3.05) is 19.7 Å². The van der Waals surface area contributed by atoms with Gasteiger partial charge in [-0.1, -0.05) is 12.1 Å². The average Bonchev–Trinajstić information content (AvgIpc) is 3.22. The van der Waals surface area contributed by atoms with E-state index in [9.17, 15) is 18.8 Å². The molecule has 1 N–H and O–H groups in total. The van der Waals surface area contributed by atoms with Gasteiger partial charge in [0.05, 0.1) is 6.26 Å². The smallest absolute Gasteiger partial charge is 0.306 e. The number of hydrogen-bond acceptors (Lipinski definition) is 5. The molecule has 0 radical (unpaired) electrons. The largest absolute Gasteiger partial charge is 0.459 e. The number of amides is 2. The van der Waals surface area contributed by atoms with E-state index in [2.05, 4.69) is 5.32 Å². The minimum Gasteiger partial charge on any atom is -0.459 e. The summed E-state index contributed by atoms with van der Waals surface area (Å²) in [6, 6.07) is 9.14. The van der Waals surface area contributed by atoms with Gasteiger partial charge in [0, 0.05) is 26.1 Å². The summed E-state index contributed by atoms with van der Waals surface area (Å²) in [5.41, 5.74) is 0.661. The third kappa shape index (κ3) is 6.86. The summed E-state index contributed by atoms with van der Waals surface area (Å²) in [6.07, 6.45) is 1.85. The molecule has 0 spiro atoms. The SMILES string of the molecule is CCN(Cc1cccc(F)c1)C(=O)COC(=O)CCCNC(=O)c1ccco1. The van der Waals surface area contributed by atoms with Crippen molar-refractivity contribution in [2.45, 2.75) is 26.3 Å². The van der Waals surface area contributed by atoms with Gasteiger partial charge in [0.1, 0.15) is 5.82 Å². The molecule has 0 bridgehead atoms. The molecule has 0 unspecified atom stereocenters. The highest BCUT2D eigenvalue weighted by atomic mass is 19.1. The molecule has 1 aromatic carbocycles. The number of benzene rings is 1. The van der Waals surface area contributed by atoms with Crippen molar-refractivity contribution in [2.24, 2.45) is 0 Å². The van der Waals surface area contributed by atoms with E-state index in [1.165, 1.54) is 23.3 Å². The van der Waals surface area contributed by atoms with Crippen molar-refractivity contribution < 1.29 is 27.9 Å². The fourth-order valence-electron chi connectivity index (χ4n) is 2.47. The quantitative estimate of drug-likeness (QED) is 0.497. The minimum absolute atomic E-state index is 0.0712. The van der Waals surface area contributed by atoms with Crippen LogP contribution in [-0.4, -0.2) is 42.4 Å². The van der Waals surface area contributed by atoms with Crippen molar-refractivity contribution in [1.29, 1.82) is 0 Å². The third-order valence-corrected chi connectivity index (χ3v) is 3.94. The van der Waals surface area contributed by atoms with Crippen LogP contribution in [0.4, 0.5) is 4.39 Å². The normalized spacial score (nSPS) is 10.4. The monoisotopic (exact) mass is 390 g/mol. The van der Waals surface area contributed by atoms with Gasteiger partial charge in [0.2, 0.25) is 0 Å². The van der Waals surface area contributed by atoms with E-state index in [0.29, 0.717) is 18.5 Å². The molecule has 2 amide bonds. The first kappa shape index (κ1) is 21.1. The van der Waals surface area contributed by atoms with Crippen LogP contribution in [0.5, 0.6) is 0 Å². The molecule has 0 saturated carbocycles. The maximum atomic E-state index is 13.2. The van der Waals surface area contributed by atoms with Crippen molar-refractivity contribution >= 4 is 17.8 Å². The number of furan rings is 1. The molecule has 1 aromatic heterocycles. The van der Waals surface area contributed by atoms with Gasteiger partial charge in [-0.3, -0.25) is 14.4 Å². The number of nitrogens with zero attached hydrogens (tertiary/aromatic N) is 1. The molecule has 0 atom stereocenters. The Balaban J connectivity index is 1.66. The minimum atomic E-state index is -0.526. The van der Waals surface area contributed by atoms with Gasteiger partial charge in [0.15, 0.2) is 12.4 Å². The third-order valence-electron chi connectivity index (χ3n) is 3.94. The predicted molar refractivity (Wildman–Crippen MR) is 98.7 cm³/mol. The van der Waals surface area contributed by atoms with Crippen molar-refractivity contribution in [3.8, 4) is 0 Å². The fraction of sp³-hybridized carbons (Fsp3) is 0.350. The first-order valence-corrected chi connectivity index (χ1v) is 8.99. The number of carbonyl (C=O) groups is 3. The number of rotatable bonds is 10. The number of likely N-dealkylation sites (N-methyl/N-ethyl adjacent to an activating group) is 1. The maximum absolute atomic E-state index is 13.2. The Hall–Kier alpha value is -3.16. The molecule has 0 fully saturated rings. The first-order chi connectivity index (χ1) is 13.5. The summed E-state index contributed by atoms with van der Waals surface area (Å²) >= 11 is 0. The molecule has 0 saturated heterocycles. The van der Waals surface area contributed by atoms with E-state index in [-0.39, 0.29) is 49.5 Å². The van der Waals surface area contributed by atoms with Gasteiger partial charge >= 0.3 is 5.97 Å². The Bertz CT molecular complexity index is 792. The standard InChI is InChI=1S/C20H23FN2O5/c1-2-23(13-15-6-3-7-16(21)12-15)18(24)14-28-19(25)9-4-10-22-20(26)17-8-5-11-27-17/h3,5-8,11-12H,2,4,9-10,13-14H2,1H3,(H,22,26). The van der Waals surface area contributed by atoms with Gasteiger partial charge < -0.3 is 19.4 Å². The summed E-state index contributed by atoms with van der Waals surface area (Å²) in [5.74, 6) is -1.41. The zero-order valence-electron chi connectivity index (χ0n) is 15.7. The Morgan fingerprint density at radius 3 is 2.71 bits per heavy atom. The summed E-state index contributed by atoms with van der Waals surface area (Å²) in [4.78, 5) is 37.1. The zero-order valence-corrected chi connectivity index (χ0v) is 15.7. The number of hydrogen-bond donors (Lipinski definition) is 1. The molecule has 0 aliphatic heterocycles. The van der Waals surface area contributed by atoms with Gasteiger partial charge in [0.25, 0.3) is 11.8 Å². The van der Waals surface area contributed by atoms with Crippen LogP contribution in [-0.2, 0) is 20.9 Å². The van der Waals surface area contributed by atoms with Gasteiger partial charge in [-0.05, 0) is 43.2 Å². The highest BCUT2D eigenvalue weighted by molar-refractivity contribution is 5.91. The van der Waals surface area contributed by atoms with Crippen LogP contribution >= 0.6 is 0 Å². The Morgan fingerprint density at radius 1 is 1.21 bits per heavy atom. The van der Waals surface area contributed by atoms with Crippen LogP contribution in [0, 0.1) is 5.82 Å². The highest BCUT2D eigenvalue weighted by Gasteiger charge is 2.15. The van der Waals surface area contributed by atoms with E-state index < -0.39 is 5.97 Å². The van der Waals surface area contributed by atoms with Crippen LogP contribution < -0.4 is 5.32 Å². The molecule has 0 aliphatic rings. The molecule has 2 aromatic rings. The average molecular weight is 390 g/mol. The molecule has 1 heterocycles. The van der Waals surface area contributed by atoms with E-state index in [1.54, 1.807) is 31.2 Å². The number of halogens is 1. The molecular formula is C20H23FN2O5. The number of ether oxygens (including phenoxy) is 1. The van der Waals surface area contributed by atoms with E-state index in [0.717, 1.165) is 0 Å². The number of carbonyl (C=O) groups excluding carboxylic acids is 3. The summed E-state index contributed by atoms with van der Waals surface area (Å²) in [6.45, 7) is 2.35.